The van der Waals surface area contributed by atoms with Crippen LogP contribution in [-0.4, -0.2) is 34.7 Å². The van der Waals surface area contributed by atoms with Gasteiger partial charge in [-0.1, -0.05) is 47.6 Å². The van der Waals surface area contributed by atoms with Gasteiger partial charge in [-0.15, -0.1) is 18.0 Å². The number of rotatable bonds is 10. The van der Waals surface area contributed by atoms with Gasteiger partial charge in [-0.05, 0) is 53.7 Å². The number of allylic oxidation sites excluding steroid dienone is 1. The molecule has 0 aliphatic carbocycles. The van der Waals surface area contributed by atoms with Gasteiger partial charge in [-0.25, -0.2) is 4.79 Å². The zero-order chi connectivity index (χ0) is 22.9. The van der Waals surface area contributed by atoms with Crippen LogP contribution in [0.4, 0.5) is 5.69 Å². The molecule has 0 saturated carbocycles. The summed E-state index contributed by atoms with van der Waals surface area (Å²) in [5, 5.41) is 0. The van der Waals surface area contributed by atoms with Crippen LogP contribution in [0.15, 0.2) is 36.9 Å². The van der Waals surface area contributed by atoms with E-state index in [9.17, 15) is 4.79 Å². The van der Waals surface area contributed by atoms with Crippen molar-refractivity contribution in [2.75, 3.05) is 25.6 Å². The molecule has 0 spiro atoms. The van der Waals surface area contributed by atoms with Crippen molar-refractivity contribution in [3.05, 3.63) is 42.5 Å². The summed E-state index contributed by atoms with van der Waals surface area (Å²) in [7, 11) is 2.22. The molecule has 0 aromatic heterocycles. The fraction of sp³-hybridized carbons (Fsp3) is 0.577. The minimum atomic E-state index is -1.73. The molecule has 0 unspecified atom stereocenters. The summed E-state index contributed by atoms with van der Waals surface area (Å²) >= 11 is 0. The van der Waals surface area contributed by atoms with Gasteiger partial charge < -0.3 is 9.64 Å². The number of anilines is 1. The smallest absolute Gasteiger partial charge is 0.338 e. The summed E-state index contributed by atoms with van der Waals surface area (Å²) in [4.78, 5) is 14.2. The van der Waals surface area contributed by atoms with Crippen molar-refractivity contribution in [1.29, 1.82) is 0 Å². The summed E-state index contributed by atoms with van der Waals surface area (Å²) in [5.41, 5.74) is 7.28. The molecule has 0 aliphatic heterocycles. The van der Waals surface area contributed by atoms with Crippen molar-refractivity contribution in [2.24, 2.45) is 5.92 Å². The molecular formula is C26H41NO2Si. The van der Waals surface area contributed by atoms with Gasteiger partial charge >= 0.3 is 5.97 Å². The van der Waals surface area contributed by atoms with Gasteiger partial charge in [0.25, 0.3) is 0 Å². The molecule has 3 nitrogen and oxygen atoms in total. The van der Waals surface area contributed by atoms with Crippen LogP contribution in [0.2, 0.25) is 16.6 Å². The second-order valence-corrected chi connectivity index (χ2v) is 14.8. The predicted octanol–water partition coefficient (Wildman–Crippen LogP) is 6.71. The van der Waals surface area contributed by atoms with Crippen molar-refractivity contribution in [1.82, 2.24) is 0 Å². The molecule has 0 bridgehead atoms. The summed E-state index contributed by atoms with van der Waals surface area (Å²) in [6.07, 6.45) is 3.59. The molecule has 0 fully saturated rings. The molecule has 30 heavy (non-hydrogen) atoms. The highest BCUT2D eigenvalue weighted by atomic mass is 28.3. The lowest BCUT2D eigenvalue weighted by Crippen LogP contribution is -2.43. The van der Waals surface area contributed by atoms with Crippen molar-refractivity contribution in [3.8, 4) is 11.5 Å². The molecule has 1 aromatic rings. The van der Waals surface area contributed by atoms with Crippen molar-refractivity contribution in [2.45, 2.75) is 71.0 Å². The third-order valence-electron chi connectivity index (χ3n) is 6.14. The van der Waals surface area contributed by atoms with Crippen LogP contribution in [-0.2, 0) is 4.74 Å². The van der Waals surface area contributed by atoms with E-state index in [0.717, 1.165) is 18.5 Å². The average Bonchev–Trinajstić information content (AvgIpc) is 2.68. The molecule has 0 radical (unpaired) electrons. The summed E-state index contributed by atoms with van der Waals surface area (Å²) in [5.74, 6) is 3.41. The van der Waals surface area contributed by atoms with Crippen molar-refractivity contribution >= 4 is 19.7 Å². The second kappa shape index (κ2) is 12.0. The molecule has 166 valence electrons. The minimum Gasteiger partial charge on any atom is -0.462 e. The molecular weight excluding hydrogens is 386 g/mol. The third-order valence-corrected chi connectivity index (χ3v) is 12.4. The lowest BCUT2D eigenvalue weighted by molar-refractivity contribution is 0.0497. The molecule has 0 aliphatic rings. The van der Waals surface area contributed by atoms with Crippen molar-refractivity contribution < 1.29 is 9.53 Å². The standard InChI is InChI=1S/C26H41NO2Si/c1-10-23(17-19-30(20(2)3,21(4)5)22(6)7)12-11-18-29-26(28)24-13-15-25(16-14-24)27(8)9/h10,13-16,20-23H,1,11-12,18H2,2-9H3/t23-/m1/s1. The predicted molar refractivity (Wildman–Crippen MR) is 133 cm³/mol. The van der Waals surface area contributed by atoms with Gasteiger partial charge in [0.1, 0.15) is 8.07 Å². The van der Waals surface area contributed by atoms with E-state index in [-0.39, 0.29) is 11.9 Å². The van der Waals surface area contributed by atoms with Crippen LogP contribution in [0.3, 0.4) is 0 Å². The lowest BCUT2D eigenvalue weighted by Gasteiger charge is -2.38. The maximum Gasteiger partial charge on any atom is 0.338 e. The SMILES string of the molecule is C=C[C@@H](C#C[Si](C(C)C)(C(C)C)C(C)C)CCCOC(=O)c1ccc(N(C)C)cc1. The highest BCUT2D eigenvalue weighted by molar-refractivity contribution is 6.90. The Morgan fingerprint density at radius 3 is 2.03 bits per heavy atom. The van der Waals surface area contributed by atoms with Crippen LogP contribution >= 0.6 is 0 Å². The number of hydrogen-bond donors (Lipinski definition) is 0. The number of carbonyl (C=O) groups is 1. The fourth-order valence-corrected chi connectivity index (χ4v) is 9.65. The molecule has 1 rings (SSSR count). The highest BCUT2D eigenvalue weighted by Gasteiger charge is 2.41. The molecule has 4 heteroatoms. The first-order valence-corrected chi connectivity index (χ1v) is 13.4. The zero-order valence-electron chi connectivity index (χ0n) is 20.3. The van der Waals surface area contributed by atoms with E-state index in [1.165, 1.54) is 0 Å². The largest absolute Gasteiger partial charge is 0.462 e. The third kappa shape index (κ3) is 6.77. The van der Waals surface area contributed by atoms with E-state index in [1.54, 1.807) is 0 Å². The molecule has 1 aromatic carbocycles. The Morgan fingerprint density at radius 2 is 1.60 bits per heavy atom. The van der Waals surface area contributed by atoms with Gasteiger partial charge in [0.05, 0.1) is 12.2 Å². The number of nitrogens with zero attached hydrogens (tertiary/aromatic N) is 1. The lowest BCUT2D eigenvalue weighted by atomic mass is 10.1. The van der Waals surface area contributed by atoms with E-state index in [0.29, 0.717) is 28.8 Å². The Hall–Kier alpha value is -1.99. The van der Waals surface area contributed by atoms with Gasteiger partial charge in [-0.3, -0.25) is 0 Å². The summed E-state index contributed by atoms with van der Waals surface area (Å²) < 4.78 is 5.46. The van der Waals surface area contributed by atoms with Crippen LogP contribution < -0.4 is 4.90 Å². The Morgan fingerprint density at radius 1 is 1.07 bits per heavy atom. The van der Waals surface area contributed by atoms with Crippen molar-refractivity contribution in [3.63, 3.8) is 0 Å². The Bertz CT molecular complexity index is 717. The minimum absolute atomic E-state index is 0.145. The van der Waals surface area contributed by atoms with Gasteiger partial charge in [0, 0.05) is 25.7 Å². The number of esters is 1. The quantitative estimate of drug-likeness (QED) is 0.137. The summed E-state index contributed by atoms with van der Waals surface area (Å²) in [6.45, 7) is 18.4. The number of carbonyl (C=O) groups excluding carboxylic acids is 1. The highest BCUT2D eigenvalue weighted by Crippen LogP contribution is 2.40. The maximum atomic E-state index is 12.2. The van der Waals surface area contributed by atoms with Gasteiger partial charge in [0.15, 0.2) is 0 Å². The van der Waals surface area contributed by atoms with Crippen LogP contribution in [0, 0.1) is 17.4 Å². The fourth-order valence-electron chi connectivity index (χ4n) is 4.35. The first-order chi connectivity index (χ1) is 14.1. The number of benzene rings is 1. The Kier molecular flexibility index (Phi) is 10.4. The Balaban J connectivity index is 2.66. The Labute approximate surface area is 185 Å². The van der Waals surface area contributed by atoms with E-state index in [2.05, 4.69) is 59.6 Å². The van der Waals surface area contributed by atoms with E-state index in [1.807, 2.05) is 49.3 Å². The van der Waals surface area contributed by atoms with Gasteiger partial charge in [-0.2, -0.15) is 0 Å². The van der Waals surface area contributed by atoms with E-state index >= 15 is 0 Å². The molecule has 0 amide bonds. The first-order valence-electron chi connectivity index (χ1n) is 11.2. The number of ether oxygens (including phenoxy) is 1. The first kappa shape index (κ1) is 26.0. The van der Waals surface area contributed by atoms with Crippen LogP contribution in [0.5, 0.6) is 0 Å². The normalized spacial score (nSPS) is 12.5. The summed E-state index contributed by atoms with van der Waals surface area (Å²) in [6, 6.07) is 7.47. The van der Waals surface area contributed by atoms with E-state index < -0.39 is 8.07 Å². The average molecular weight is 428 g/mol. The van der Waals surface area contributed by atoms with Crippen LogP contribution in [0.25, 0.3) is 0 Å². The number of hydrogen-bond acceptors (Lipinski definition) is 3. The van der Waals surface area contributed by atoms with E-state index in [4.69, 9.17) is 4.74 Å². The monoisotopic (exact) mass is 427 g/mol. The molecule has 0 heterocycles. The van der Waals surface area contributed by atoms with Crippen LogP contribution in [0.1, 0.15) is 64.7 Å². The topological polar surface area (TPSA) is 29.5 Å². The molecule has 1 atom stereocenters. The molecule has 0 N–H and O–H groups in total. The second-order valence-electron chi connectivity index (χ2n) is 9.23. The zero-order valence-corrected chi connectivity index (χ0v) is 21.3. The molecule has 0 saturated heterocycles. The van der Waals surface area contributed by atoms with Gasteiger partial charge in [0.2, 0.25) is 0 Å². The maximum absolute atomic E-state index is 12.2.